The highest BCUT2D eigenvalue weighted by atomic mass is 32.1. The lowest BCUT2D eigenvalue weighted by Gasteiger charge is -2.27. The molecule has 0 unspecified atom stereocenters. The lowest BCUT2D eigenvalue weighted by molar-refractivity contribution is -0.645. The van der Waals surface area contributed by atoms with E-state index >= 15 is 0 Å². The lowest BCUT2D eigenvalue weighted by Crippen LogP contribution is -2.31. The quantitative estimate of drug-likeness (QED) is 0.193. The molecule has 2 aromatic heterocycles. The van der Waals surface area contributed by atoms with Crippen LogP contribution in [0.2, 0.25) is 0 Å². The molecule has 5 rings (SSSR count). The number of unbranched alkanes of at least 4 members (excludes halogenated alkanes) is 2. The first-order valence-electron chi connectivity index (χ1n) is 12.2. The van der Waals surface area contributed by atoms with Gasteiger partial charge in [0.25, 0.3) is 0 Å². The van der Waals surface area contributed by atoms with E-state index in [1.807, 2.05) is 12.1 Å². The number of benzene rings is 2. The second kappa shape index (κ2) is 10.0. The minimum absolute atomic E-state index is 0.342. The summed E-state index contributed by atoms with van der Waals surface area (Å²) in [6.07, 6.45) is 10.4. The van der Waals surface area contributed by atoms with Gasteiger partial charge in [0.05, 0.1) is 5.56 Å². The smallest absolute Gasteiger partial charge is 0.366 e. The molecule has 2 heterocycles. The molecule has 1 fully saturated rings. The number of aromatic nitrogens is 5. The molecule has 0 spiro atoms. The van der Waals surface area contributed by atoms with Gasteiger partial charge in [-0.05, 0) is 55.9 Å². The number of carbonyl (C=O) groups is 1. The summed E-state index contributed by atoms with van der Waals surface area (Å²) in [5.41, 5.74) is 2.26. The number of para-hydroxylation sites is 2. The maximum Gasteiger partial charge on any atom is 0.366 e. The lowest BCUT2D eigenvalue weighted by atomic mass is 9.80. The fraction of sp³-hybridized carbons (Fsp3) is 0.423. The van der Waals surface area contributed by atoms with E-state index in [4.69, 9.17) is 0 Å². The Bertz CT molecular complexity index is 1270. The van der Waals surface area contributed by atoms with E-state index in [-0.39, 0.29) is 5.91 Å². The van der Waals surface area contributed by atoms with Crippen LogP contribution >= 0.6 is 11.3 Å². The van der Waals surface area contributed by atoms with Crippen molar-refractivity contribution in [1.29, 1.82) is 0 Å². The molecule has 0 aliphatic heterocycles. The van der Waals surface area contributed by atoms with E-state index in [0.29, 0.717) is 27.4 Å². The van der Waals surface area contributed by atoms with Crippen LogP contribution in [-0.4, -0.2) is 26.0 Å². The Hall–Kier alpha value is -3.13. The highest BCUT2D eigenvalue weighted by Crippen LogP contribution is 2.40. The molecular formula is C26H29N5O2S. The van der Waals surface area contributed by atoms with Gasteiger partial charge in [-0.1, -0.05) is 72.9 Å². The van der Waals surface area contributed by atoms with Crippen molar-refractivity contribution in [3.63, 3.8) is 0 Å². The molecule has 0 saturated heterocycles. The van der Waals surface area contributed by atoms with Crippen LogP contribution < -0.4 is 4.85 Å². The van der Waals surface area contributed by atoms with Gasteiger partial charge in [0.2, 0.25) is 11.0 Å². The van der Waals surface area contributed by atoms with Crippen LogP contribution in [0.4, 0.5) is 0 Å². The highest BCUT2D eigenvalue weighted by molar-refractivity contribution is 7.14. The van der Waals surface area contributed by atoms with Gasteiger partial charge >= 0.3 is 5.91 Å². The van der Waals surface area contributed by atoms with E-state index < -0.39 is 0 Å². The van der Waals surface area contributed by atoms with Crippen LogP contribution in [0.5, 0.6) is 0 Å². The van der Waals surface area contributed by atoms with Crippen molar-refractivity contribution in [2.45, 2.75) is 64.2 Å². The zero-order chi connectivity index (χ0) is 23.5. The molecule has 34 heavy (non-hydrogen) atoms. The molecule has 176 valence electrons. The van der Waals surface area contributed by atoms with Crippen LogP contribution in [0.15, 0.2) is 48.5 Å². The molecule has 0 bridgehead atoms. The van der Waals surface area contributed by atoms with Crippen molar-refractivity contribution in [2.24, 2.45) is 5.92 Å². The normalized spacial score (nSPS) is 18.4. The monoisotopic (exact) mass is 475 g/mol. The Kier molecular flexibility index (Phi) is 6.67. The first-order chi connectivity index (χ1) is 16.6. The van der Waals surface area contributed by atoms with Gasteiger partial charge in [0.1, 0.15) is 15.2 Å². The molecule has 0 amide bonds. The van der Waals surface area contributed by atoms with Gasteiger partial charge in [0.15, 0.2) is 0 Å². The number of rotatable bonds is 7. The average molecular weight is 476 g/mol. The van der Waals surface area contributed by atoms with Crippen LogP contribution in [-0.2, 0) is 0 Å². The van der Waals surface area contributed by atoms with E-state index in [1.54, 1.807) is 47.7 Å². The van der Waals surface area contributed by atoms with Crippen LogP contribution in [0.3, 0.4) is 0 Å². The summed E-state index contributed by atoms with van der Waals surface area (Å²) in [6.45, 7) is 2.26. The van der Waals surface area contributed by atoms with Gasteiger partial charge < -0.3 is 5.21 Å². The minimum Gasteiger partial charge on any atom is -0.691 e. The summed E-state index contributed by atoms with van der Waals surface area (Å²) in [7, 11) is 0. The summed E-state index contributed by atoms with van der Waals surface area (Å²) in [4.78, 5) is 13.4. The second-order valence-corrected chi connectivity index (χ2v) is 10.2. The number of nitrogens with zero attached hydrogens (tertiary/aromatic N) is 5. The first-order valence-corrected chi connectivity index (χ1v) is 13.0. The molecule has 0 atom stereocenters. The molecule has 2 aromatic carbocycles. The predicted molar refractivity (Wildman–Crippen MR) is 133 cm³/mol. The topological polar surface area (TPSA) is 87.6 Å². The summed E-state index contributed by atoms with van der Waals surface area (Å²) in [5.74, 6) is 1.05. The molecule has 4 aromatic rings. The zero-order valence-corrected chi connectivity index (χ0v) is 20.2. The van der Waals surface area contributed by atoms with Crippen molar-refractivity contribution in [1.82, 2.24) is 20.1 Å². The Morgan fingerprint density at radius 1 is 1.06 bits per heavy atom. The van der Waals surface area contributed by atoms with Crippen molar-refractivity contribution >= 4 is 28.3 Å². The Balaban J connectivity index is 1.25. The second-order valence-electron chi connectivity index (χ2n) is 9.20. The molecule has 8 heteroatoms. The number of hydrogen-bond donors (Lipinski definition) is 0. The third-order valence-electron chi connectivity index (χ3n) is 6.91. The minimum atomic E-state index is -0.342. The maximum atomic E-state index is 13.0. The molecule has 1 aliphatic carbocycles. The number of fused-ring (bicyclic) bond motifs is 1. The largest absolute Gasteiger partial charge is 0.691 e. The Morgan fingerprint density at radius 3 is 2.59 bits per heavy atom. The van der Waals surface area contributed by atoms with Crippen molar-refractivity contribution in [3.8, 4) is 10.6 Å². The van der Waals surface area contributed by atoms with E-state index in [0.717, 1.165) is 26.2 Å². The molecule has 7 nitrogen and oxygen atoms in total. The van der Waals surface area contributed by atoms with Gasteiger partial charge in [0, 0.05) is 11.5 Å². The predicted octanol–water partition coefficient (Wildman–Crippen LogP) is 5.73. The first kappa shape index (κ1) is 22.7. The number of carbonyl (C=O) groups excluding carboxylic acids is 1. The van der Waals surface area contributed by atoms with Gasteiger partial charge in [-0.3, -0.25) is 0 Å². The third kappa shape index (κ3) is 4.59. The van der Waals surface area contributed by atoms with E-state index in [1.165, 1.54) is 51.4 Å². The standard InChI is InChI=1S/C26H29N5O2S/c1-2-3-4-7-18-10-12-19(13-11-18)24-27-28-25(34-24)20-14-16-21(17-15-20)26(32)30-22-8-5-6-9-23(22)31(33)29-30/h5-6,8-9,14-19H,2-4,7,10-13H2,1H3. The maximum absolute atomic E-state index is 13.0. The highest BCUT2D eigenvalue weighted by Gasteiger charge is 2.26. The molecule has 1 aliphatic rings. The van der Waals surface area contributed by atoms with Crippen molar-refractivity contribution in [2.75, 3.05) is 0 Å². The van der Waals surface area contributed by atoms with E-state index in [2.05, 4.69) is 22.3 Å². The SMILES string of the molecule is CCCCCC1CCC(c2nnc(-c3ccc(C(=O)n4n[n+]([O-])c5ccccc54)cc3)s2)CC1. The Morgan fingerprint density at radius 2 is 1.82 bits per heavy atom. The Labute approximate surface area is 203 Å². The summed E-state index contributed by atoms with van der Waals surface area (Å²) >= 11 is 1.66. The fourth-order valence-electron chi connectivity index (χ4n) is 4.91. The van der Waals surface area contributed by atoms with Crippen molar-refractivity contribution < 1.29 is 9.64 Å². The van der Waals surface area contributed by atoms with Gasteiger partial charge in [-0.15, -0.1) is 15.0 Å². The number of hydrogen-bond acceptors (Lipinski definition) is 6. The fourth-order valence-corrected chi connectivity index (χ4v) is 5.93. The third-order valence-corrected chi connectivity index (χ3v) is 8.05. The van der Waals surface area contributed by atoms with Crippen LogP contribution in [0.1, 0.15) is 79.6 Å². The summed E-state index contributed by atoms with van der Waals surface area (Å²) < 4.78 is 1.15. The molecule has 0 N–H and O–H groups in total. The van der Waals surface area contributed by atoms with Gasteiger partial charge in [-0.2, -0.15) is 0 Å². The summed E-state index contributed by atoms with van der Waals surface area (Å²) in [5, 5.41) is 26.8. The van der Waals surface area contributed by atoms with Gasteiger partial charge in [-0.25, -0.2) is 4.79 Å². The van der Waals surface area contributed by atoms with Crippen LogP contribution in [0.25, 0.3) is 21.6 Å². The molecule has 0 radical (unpaired) electrons. The summed E-state index contributed by atoms with van der Waals surface area (Å²) in [6, 6.07) is 14.2. The van der Waals surface area contributed by atoms with E-state index in [9.17, 15) is 10.0 Å². The molecular weight excluding hydrogens is 446 g/mol. The van der Waals surface area contributed by atoms with Crippen LogP contribution in [0, 0.1) is 11.1 Å². The van der Waals surface area contributed by atoms with Crippen molar-refractivity contribution in [3.05, 3.63) is 64.3 Å². The zero-order valence-electron chi connectivity index (χ0n) is 19.4. The molecule has 1 saturated carbocycles. The average Bonchev–Trinajstić information content (AvgIpc) is 3.50.